The maximum atomic E-state index is 7.80. The van der Waals surface area contributed by atoms with E-state index in [9.17, 15) is 0 Å². The van der Waals surface area contributed by atoms with Crippen LogP contribution in [0.3, 0.4) is 0 Å². The normalized spacial score (nSPS) is 13.0. The first kappa shape index (κ1) is 52.9. The molecule has 0 saturated carbocycles. The molecule has 0 spiro atoms. The molecule has 0 aliphatic carbocycles. The highest BCUT2D eigenvalue weighted by Gasteiger charge is 2.31. The summed E-state index contributed by atoms with van der Waals surface area (Å²) in [6.07, 6.45) is 6.43. The quantitative estimate of drug-likeness (QED) is 0.148. The van der Waals surface area contributed by atoms with Crippen LogP contribution in [0.2, 0.25) is 0 Å². The number of rotatable bonds is 7. The monoisotopic (exact) mass is 1220 g/mol. The predicted molar refractivity (Wildman–Crippen MR) is 400 cm³/mol. The van der Waals surface area contributed by atoms with Crippen molar-refractivity contribution in [3.63, 3.8) is 0 Å². The standard InChI is InChI=1S/C90H54N4O2/c1-3-17-53(18-4-1)57-37-40-77-60(45-57)22-16-44-93(77)79-41-38-69-70-39-42-80(94-52-61-36-35-59(47-73(61)68-26-12-14-30-78(68)94)58-34-33-55-32-31-54-19-7-8-23-64(54)72(55)46-58)90-86(70)84-75(49-63(51-82(84)96-90)88-71-27-10-9-24-66(71)67-25-11-13-29-76(67)92-88)74-48-62(50-81-83(74)85(69)89(79)95-81)65-28-15-43-91-87(65)56-20-5-2-6-21-56/h1-43,45-51H,44,52H2. The third-order valence-electron chi connectivity index (χ3n) is 20.6. The Labute approximate surface area is 551 Å². The molecule has 446 valence electrons. The fraction of sp³-hybridized carbons (Fsp3) is 0.0222. The SMILES string of the molecule is C1=Cc2cc(-c3ccccc3)ccc2N(c2ccc3c4ccc(N5Cc6ccc(-c7ccc8ccc9ccccc9c8c7)cc6-c6ccccc65)c5oc6cc(-c7nc8ccccc8c8ccccc78)cc(c7cc(-c8cccnc8-c8ccccc8)cc8oc2c3c87)c6c54)C1. The first-order valence-electron chi connectivity index (χ1n) is 33.0. The summed E-state index contributed by atoms with van der Waals surface area (Å²) in [5, 5.41) is 16.8. The minimum absolute atomic E-state index is 0.631. The van der Waals surface area contributed by atoms with Crippen LogP contribution in [0, 0.1) is 0 Å². The Kier molecular flexibility index (Phi) is 11.3. The first-order valence-corrected chi connectivity index (χ1v) is 33.0. The highest BCUT2D eigenvalue weighted by Crippen LogP contribution is 2.54. The number of aromatic nitrogens is 2. The van der Waals surface area contributed by atoms with Gasteiger partial charge >= 0.3 is 0 Å². The summed E-state index contributed by atoms with van der Waals surface area (Å²) in [6.45, 7) is 1.30. The molecule has 0 atom stereocenters. The largest absolute Gasteiger partial charge is 0.454 e. The first-order chi connectivity index (χ1) is 47.6. The topological polar surface area (TPSA) is 58.5 Å². The molecule has 6 heteroatoms. The van der Waals surface area contributed by atoms with Crippen LogP contribution in [0.5, 0.6) is 0 Å². The maximum absolute atomic E-state index is 7.80. The molecule has 0 bridgehead atoms. The van der Waals surface area contributed by atoms with Gasteiger partial charge < -0.3 is 18.6 Å². The average Bonchev–Trinajstić information content (AvgIpc) is 1.50. The van der Waals surface area contributed by atoms with Crippen LogP contribution in [-0.4, -0.2) is 16.5 Å². The van der Waals surface area contributed by atoms with E-state index in [1.807, 2.05) is 12.3 Å². The van der Waals surface area contributed by atoms with Crippen molar-refractivity contribution >= 4 is 137 Å². The Morgan fingerprint density at radius 1 is 0.312 bits per heavy atom. The molecule has 96 heavy (non-hydrogen) atoms. The summed E-state index contributed by atoms with van der Waals surface area (Å²) < 4.78 is 15.5. The van der Waals surface area contributed by atoms with Crippen molar-refractivity contribution in [3.8, 4) is 67.0 Å². The number of nitrogens with zero attached hydrogens (tertiary/aromatic N) is 4. The van der Waals surface area contributed by atoms with Crippen LogP contribution in [0.15, 0.2) is 306 Å². The number of benzene rings is 14. The number of hydrogen-bond acceptors (Lipinski definition) is 6. The van der Waals surface area contributed by atoms with Gasteiger partial charge in [-0.25, -0.2) is 4.98 Å². The van der Waals surface area contributed by atoms with Crippen LogP contribution in [0.4, 0.5) is 22.7 Å². The smallest absolute Gasteiger partial charge is 0.159 e. The van der Waals surface area contributed by atoms with Gasteiger partial charge in [0.25, 0.3) is 0 Å². The van der Waals surface area contributed by atoms with E-state index in [1.165, 1.54) is 60.5 Å². The lowest BCUT2D eigenvalue weighted by Gasteiger charge is -2.33. The minimum atomic E-state index is 0.631. The van der Waals surface area contributed by atoms with Gasteiger partial charge in [0, 0.05) is 85.2 Å². The number of furan rings is 2. The van der Waals surface area contributed by atoms with E-state index in [2.05, 4.69) is 301 Å². The molecule has 0 radical (unpaired) electrons. The predicted octanol–water partition coefficient (Wildman–Crippen LogP) is 24.5. The Bertz CT molecular complexity index is 6540. The summed E-state index contributed by atoms with van der Waals surface area (Å²) in [5.74, 6) is 0. The molecule has 21 rings (SSSR count). The van der Waals surface area contributed by atoms with E-state index in [4.69, 9.17) is 18.8 Å². The molecule has 0 unspecified atom stereocenters. The third kappa shape index (κ3) is 7.87. The fourth-order valence-electron chi connectivity index (χ4n) is 16.2. The van der Waals surface area contributed by atoms with Crippen molar-refractivity contribution in [1.29, 1.82) is 0 Å². The number of fused-ring (bicyclic) bond motifs is 12. The van der Waals surface area contributed by atoms with Gasteiger partial charge in [-0.1, -0.05) is 218 Å². The van der Waals surface area contributed by atoms with Gasteiger partial charge in [0.2, 0.25) is 0 Å². The van der Waals surface area contributed by atoms with E-state index in [1.54, 1.807) is 0 Å². The van der Waals surface area contributed by atoms with Crippen molar-refractivity contribution in [1.82, 2.24) is 9.97 Å². The minimum Gasteiger partial charge on any atom is -0.454 e. The summed E-state index contributed by atoms with van der Waals surface area (Å²) >= 11 is 0. The van der Waals surface area contributed by atoms with Gasteiger partial charge in [0.15, 0.2) is 11.2 Å². The van der Waals surface area contributed by atoms with Gasteiger partial charge in [-0.05, 0) is 172 Å². The molecular weight excluding hydrogens is 1170 g/mol. The van der Waals surface area contributed by atoms with E-state index in [0.717, 1.165) is 149 Å². The van der Waals surface area contributed by atoms with Crippen molar-refractivity contribution in [2.45, 2.75) is 6.54 Å². The highest BCUT2D eigenvalue weighted by molar-refractivity contribution is 6.38. The zero-order valence-corrected chi connectivity index (χ0v) is 51.9. The van der Waals surface area contributed by atoms with Crippen LogP contribution in [0.25, 0.3) is 182 Å². The fourth-order valence-corrected chi connectivity index (χ4v) is 16.2. The maximum Gasteiger partial charge on any atom is 0.159 e. The van der Waals surface area contributed by atoms with Crippen LogP contribution >= 0.6 is 0 Å². The van der Waals surface area contributed by atoms with E-state index >= 15 is 0 Å². The second-order valence-corrected chi connectivity index (χ2v) is 25.8. The summed E-state index contributed by atoms with van der Waals surface area (Å²) in [5.41, 5.74) is 23.7. The van der Waals surface area contributed by atoms with Crippen molar-refractivity contribution in [3.05, 3.63) is 309 Å². The van der Waals surface area contributed by atoms with Crippen LogP contribution in [-0.2, 0) is 6.54 Å². The van der Waals surface area contributed by atoms with Gasteiger partial charge in [0.05, 0.1) is 28.3 Å². The lowest BCUT2D eigenvalue weighted by Crippen LogP contribution is -2.21. The molecule has 19 aromatic rings. The Hall–Kier alpha value is -12.6. The van der Waals surface area contributed by atoms with Crippen molar-refractivity contribution < 1.29 is 8.83 Å². The van der Waals surface area contributed by atoms with Gasteiger partial charge in [-0.2, -0.15) is 0 Å². The van der Waals surface area contributed by atoms with Gasteiger partial charge in [-0.15, -0.1) is 0 Å². The number of pyridine rings is 2. The zero-order chi connectivity index (χ0) is 62.7. The van der Waals surface area contributed by atoms with Crippen molar-refractivity contribution in [2.24, 2.45) is 0 Å². The van der Waals surface area contributed by atoms with Crippen molar-refractivity contribution in [2.75, 3.05) is 16.3 Å². The molecule has 2 aliphatic heterocycles. The molecule has 0 saturated heterocycles. The molecule has 15 aromatic carbocycles. The number of hydrogen-bond donors (Lipinski definition) is 0. The average molecular weight is 1220 g/mol. The molecule has 2 aliphatic rings. The van der Waals surface area contributed by atoms with Crippen LogP contribution in [0.1, 0.15) is 11.1 Å². The van der Waals surface area contributed by atoms with E-state index in [-0.39, 0.29) is 0 Å². The Morgan fingerprint density at radius 3 is 1.70 bits per heavy atom. The molecular formula is C90H54N4O2. The number of anilines is 4. The molecule has 0 amide bonds. The summed E-state index contributed by atoms with van der Waals surface area (Å²) in [6, 6.07) is 104. The third-order valence-corrected chi connectivity index (χ3v) is 20.6. The van der Waals surface area contributed by atoms with Gasteiger partial charge in [0.1, 0.15) is 11.2 Å². The molecule has 0 fully saturated rings. The molecule has 4 aromatic heterocycles. The lowest BCUT2D eigenvalue weighted by molar-refractivity contribution is 0.667. The van der Waals surface area contributed by atoms with Crippen LogP contribution < -0.4 is 9.80 Å². The number of para-hydroxylation sites is 2. The van der Waals surface area contributed by atoms with E-state index < -0.39 is 0 Å². The van der Waals surface area contributed by atoms with E-state index in [0.29, 0.717) is 13.1 Å². The summed E-state index contributed by atoms with van der Waals surface area (Å²) in [4.78, 5) is 15.6. The highest BCUT2D eigenvalue weighted by atomic mass is 16.3. The summed E-state index contributed by atoms with van der Waals surface area (Å²) in [7, 11) is 0. The Balaban J connectivity index is 0.844. The van der Waals surface area contributed by atoms with Gasteiger partial charge in [-0.3, -0.25) is 4.98 Å². The Morgan fingerprint density at radius 2 is 0.896 bits per heavy atom. The lowest BCUT2D eigenvalue weighted by atomic mass is 9.88. The molecule has 6 heterocycles. The zero-order valence-electron chi connectivity index (χ0n) is 51.9. The molecule has 6 nitrogen and oxygen atoms in total. The molecule has 0 N–H and O–H groups in total. The second-order valence-electron chi connectivity index (χ2n) is 25.8. The second kappa shape index (κ2) is 20.4.